The highest BCUT2D eigenvalue weighted by Crippen LogP contribution is 2.35. The van der Waals surface area contributed by atoms with Crippen molar-refractivity contribution in [2.45, 2.75) is 0 Å². The van der Waals surface area contributed by atoms with Crippen molar-refractivity contribution in [1.29, 1.82) is 0 Å². The molecule has 1 N–H and O–H groups in total. The van der Waals surface area contributed by atoms with E-state index in [9.17, 15) is 17.6 Å². The molecule has 0 spiro atoms. The van der Waals surface area contributed by atoms with Crippen LogP contribution < -0.4 is 15.6 Å². The molecular weight excluding hydrogens is 358 g/mol. The van der Waals surface area contributed by atoms with E-state index in [0.29, 0.717) is 11.3 Å². The number of nitrogens with zero attached hydrogens (tertiary/aromatic N) is 2. The van der Waals surface area contributed by atoms with Crippen molar-refractivity contribution in [3.8, 4) is 0 Å². The van der Waals surface area contributed by atoms with E-state index >= 15 is 0 Å². The topological polar surface area (TPSA) is 18.5 Å². The van der Waals surface area contributed by atoms with Crippen LogP contribution in [0.2, 0.25) is 0 Å². The number of nitrogens with one attached hydrogen (secondary N) is 1. The van der Waals surface area contributed by atoms with Crippen LogP contribution in [0.25, 0.3) is 5.70 Å². The zero-order chi connectivity index (χ0) is 19.0. The summed E-state index contributed by atoms with van der Waals surface area (Å²) in [6.07, 6.45) is 1.38. The lowest BCUT2D eigenvalue weighted by Crippen LogP contribution is -2.42. The van der Waals surface area contributed by atoms with Crippen molar-refractivity contribution in [2.24, 2.45) is 0 Å². The quantitative estimate of drug-likeness (QED) is 0.655. The summed E-state index contributed by atoms with van der Waals surface area (Å²) < 4.78 is 57.1. The van der Waals surface area contributed by atoms with Gasteiger partial charge in [0, 0.05) is 11.8 Å². The van der Waals surface area contributed by atoms with Gasteiger partial charge in [-0.25, -0.2) is 17.6 Å². The molecule has 7 heteroatoms. The maximum atomic E-state index is 14.4. The average Bonchev–Trinajstić information content (AvgIpc) is 3.07. The second-order valence-corrected chi connectivity index (χ2v) is 5.83. The molecular formula is C20H13F4N3. The summed E-state index contributed by atoms with van der Waals surface area (Å²) in [6.45, 7) is 0. The van der Waals surface area contributed by atoms with Gasteiger partial charge >= 0.3 is 0 Å². The first-order chi connectivity index (χ1) is 13.1. The zero-order valence-electron chi connectivity index (χ0n) is 13.8. The lowest BCUT2D eigenvalue weighted by atomic mass is 10.1. The minimum atomic E-state index is -0.819. The number of hydrazine groups is 2. The van der Waals surface area contributed by atoms with Gasteiger partial charge in [0.15, 0.2) is 23.3 Å². The van der Waals surface area contributed by atoms with Crippen LogP contribution >= 0.6 is 0 Å². The molecule has 0 fully saturated rings. The van der Waals surface area contributed by atoms with Gasteiger partial charge in [-0.1, -0.05) is 42.5 Å². The minimum absolute atomic E-state index is 0.322. The molecule has 4 rings (SSSR count). The normalized spacial score (nSPS) is 13.9. The number of halogens is 4. The van der Waals surface area contributed by atoms with Crippen LogP contribution in [0.5, 0.6) is 0 Å². The van der Waals surface area contributed by atoms with E-state index in [-0.39, 0.29) is 11.4 Å². The summed E-state index contributed by atoms with van der Waals surface area (Å²) in [6, 6.07) is 15.6. The van der Waals surface area contributed by atoms with Crippen LogP contribution in [0.3, 0.4) is 0 Å². The van der Waals surface area contributed by atoms with E-state index in [2.05, 4.69) is 5.53 Å². The number of benzene rings is 3. The summed E-state index contributed by atoms with van der Waals surface area (Å²) in [5.74, 6) is -3.27. The molecule has 0 aliphatic carbocycles. The Morgan fingerprint density at radius 1 is 0.593 bits per heavy atom. The van der Waals surface area contributed by atoms with Crippen molar-refractivity contribution in [2.75, 3.05) is 10.0 Å². The van der Waals surface area contributed by atoms with Crippen molar-refractivity contribution in [3.63, 3.8) is 0 Å². The second-order valence-electron chi connectivity index (χ2n) is 5.83. The molecule has 27 heavy (non-hydrogen) atoms. The van der Waals surface area contributed by atoms with E-state index in [0.717, 1.165) is 34.3 Å². The molecule has 0 unspecified atom stereocenters. The molecule has 3 aromatic rings. The predicted octanol–water partition coefficient (Wildman–Crippen LogP) is 4.99. The van der Waals surface area contributed by atoms with Crippen LogP contribution in [0.4, 0.5) is 28.9 Å². The van der Waals surface area contributed by atoms with E-state index < -0.39 is 23.3 Å². The fourth-order valence-electron chi connectivity index (χ4n) is 2.89. The molecule has 0 amide bonds. The van der Waals surface area contributed by atoms with Crippen molar-refractivity contribution >= 4 is 17.1 Å². The first-order valence-electron chi connectivity index (χ1n) is 8.07. The largest absolute Gasteiger partial charge is 0.258 e. The summed E-state index contributed by atoms with van der Waals surface area (Å²) in [4.78, 5) is 0. The summed E-state index contributed by atoms with van der Waals surface area (Å²) in [5.41, 5.74) is 2.81. The third-order valence-electron chi connectivity index (χ3n) is 4.11. The Hall–Kier alpha value is -3.32. The Balaban J connectivity index is 1.86. The number of para-hydroxylation sites is 2. The fourth-order valence-corrected chi connectivity index (χ4v) is 2.89. The first-order valence-corrected chi connectivity index (χ1v) is 8.07. The average molecular weight is 371 g/mol. The molecule has 0 bridgehead atoms. The molecule has 3 aromatic carbocycles. The smallest absolute Gasteiger partial charge is 0.151 e. The van der Waals surface area contributed by atoms with Crippen LogP contribution in [-0.2, 0) is 0 Å². The molecule has 0 radical (unpaired) electrons. The van der Waals surface area contributed by atoms with E-state index in [1.54, 1.807) is 30.3 Å². The van der Waals surface area contributed by atoms with Crippen molar-refractivity contribution < 1.29 is 17.6 Å². The number of hydrogen-bond acceptors (Lipinski definition) is 3. The molecule has 0 atom stereocenters. The zero-order valence-corrected chi connectivity index (χ0v) is 13.8. The Labute approximate surface area is 152 Å². The number of rotatable bonds is 3. The Morgan fingerprint density at radius 2 is 1.11 bits per heavy atom. The highest BCUT2D eigenvalue weighted by atomic mass is 19.1. The molecule has 1 aliphatic heterocycles. The van der Waals surface area contributed by atoms with Crippen molar-refractivity contribution in [1.82, 2.24) is 5.53 Å². The third kappa shape index (κ3) is 3.02. The van der Waals surface area contributed by atoms with E-state index in [1.165, 1.54) is 18.3 Å². The maximum Gasteiger partial charge on any atom is 0.151 e. The van der Waals surface area contributed by atoms with Gasteiger partial charge in [-0.05, 0) is 24.3 Å². The van der Waals surface area contributed by atoms with E-state index in [4.69, 9.17) is 0 Å². The Morgan fingerprint density at radius 3 is 1.67 bits per heavy atom. The number of hydrogen-bond donors (Lipinski definition) is 1. The molecule has 0 saturated heterocycles. The highest BCUT2D eigenvalue weighted by Gasteiger charge is 2.30. The standard InChI is InChI=1S/C20H13F4N3/c21-14-8-4-9-15(22)19(14)26-12-18(13-6-2-1-3-7-13)27(25-26)20-16(23)10-5-11-17(20)24/h1-12,25H. The lowest BCUT2D eigenvalue weighted by molar-refractivity contribution is 0.557. The van der Waals surface area contributed by atoms with Crippen LogP contribution in [0.15, 0.2) is 72.9 Å². The fraction of sp³-hybridized carbons (Fsp3) is 0. The summed E-state index contributed by atoms with van der Waals surface area (Å²) in [5, 5.41) is 2.17. The first kappa shape index (κ1) is 17.1. The van der Waals surface area contributed by atoms with Gasteiger partial charge in [-0.15, -0.1) is 5.53 Å². The summed E-state index contributed by atoms with van der Waals surface area (Å²) >= 11 is 0. The van der Waals surface area contributed by atoms with Gasteiger partial charge in [0.1, 0.15) is 11.4 Å². The Kier molecular flexibility index (Phi) is 4.29. The van der Waals surface area contributed by atoms with Gasteiger partial charge in [0.2, 0.25) is 0 Å². The van der Waals surface area contributed by atoms with Gasteiger partial charge < -0.3 is 0 Å². The van der Waals surface area contributed by atoms with Gasteiger partial charge in [0.25, 0.3) is 0 Å². The van der Waals surface area contributed by atoms with Gasteiger partial charge in [-0.2, -0.15) is 0 Å². The lowest BCUT2D eigenvalue weighted by Gasteiger charge is -2.26. The SMILES string of the molecule is Fc1cccc(F)c1N1C=C(c2ccccc2)N(c2c(F)cccc2F)N1. The summed E-state index contributed by atoms with van der Waals surface area (Å²) in [7, 11) is 0. The monoisotopic (exact) mass is 371 g/mol. The second kappa shape index (κ2) is 6.77. The Bertz CT molecular complexity index is 980. The van der Waals surface area contributed by atoms with Crippen LogP contribution in [0, 0.1) is 23.3 Å². The molecule has 0 saturated carbocycles. The van der Waals surface area contributed by atoms with Gasteiger partial charge in [0.05, 0.1) is 5.70 Å². The maximum absolute atomic E-state index is 14.4. The predicted molar refractivity (Wildman–Crippen MR) is 95.2 cm³/mol. The third-order valence-corrected chi connectivity index (χ3v) is 4.11. The molecule has 136 valence electrons. The van der Waals surface area contributed by atoms with Crippen LogP contribution in [-0.4, -0.2) is 0 Å². The highest BCUT2D eigenvalue weighted by molar-refractivity contribution is 5.83. The van der Waals surface area contributed by atoms with Crippen molar-refractivity contribution in [3.05, 3.63) is 102 Å². The molecule has 1 aliphatic rings. The minimum Gasteiger partial charge on any atom is -0.258 e. The molecule has 1 heterocycles. The van der Waals surface area contributed by atoms with E-state index in [1.807, 2.05) is 0 Å². The molecule has 3 nitrogen and oxygen atoms in total. The number of anilines is 2. The molecule has 0 aromatic heterocycles. The van der Waals surface area contributed by atoms with Crippen LogP contribution in [0.1, 0.15) is 5.56 Å². The van der Waals surface area contributed by atoms with Gasteiger partial charge in [-0.3, -0.25) is 10.0 Å².